The minimum atomic E-state index is -0.465. The maximum atomic E-state index is 12.4. The number of anilines is 1. The molecule has 0 aliphatic heterocycles. The summed E-state index contributed by atoms with van der Waals surface area (Å²) in [5.41, 5.74) is 2.12. The zero-order valence-electron chi connectivity index (χ0n) is 15.0. The van der Waals surface area contributed by atoms with E-state index in [4.69, 9.17) is 0 Å². The average Bonchev–Trinajstić information content (AvgIpc) is 2.91. The Kier molecular flexibility index (Phi) is 4.48. The van der Waals surface area contributed by atoms with Crippen LogP contribution in [0.1, 0.15) is 31.4 Å². The molecule has 0 saturated heterocycles. The van der Waals surface area contributed by atoms with E-state index >= 15 is 0 Å². The lowest BCUT2D eigenvalue weighted by molar-refractivity contribution is 0.729. The third kappa shape index (κ3) is 3.22. The molecule has 3 rings (SSSR count). The third-order valence-electron chi connectivity index (χ3n) is 4.42. The van der Waals surface area contributed by atoms with Gasteiger partial charge in [-0.1, -0.05) is 36.8 Å². The van der Waals surface area contributed by atoms with Crippen molar-refractivity contribution in [2.24, 2.45) is 7.05 Å². The van der Waals surface area contributed by atoms with Gasteiger partial charge in [-0.3, -0.25) is 18.9 Å². The number of aryl methyl sites for hydroxylation is 2. The summed E-state index contributed by atoms with van der Waals surface area (Å²) in [6, 6.07) is 8.32. The molecule has 0 aliphatic rings. The average molecular weight is 341 g/mol. The fourth-order valence-electron chi connectivity index (χ4n) is 2.81. The van der Waals surface area contributed by atoms with Crippen LogP contribution in [0.3, 0.4) is 0 Å². The minimum Gasteiger partial charge on any atom is -0.353 e. The summed E-state index contributed by atoms with van der Waals surface area (Å²) < 4.78 is 3.21. The topological polar surface area (TPSA) is 84.7 Å². The summed E-state index contributed by atoms with van der Waals surface area (Å²) in [6.45, 7) is 6.66. The van der Waals surface area contributed by atoms with Gasteiger partial charge in [-0.05, 0) is 25.8 Å². The van der Waals surface area contributed by atoms with Crippen LogP contribution >= 0.6 is 0 Å². The number of imidazole rings is 1. The van der Waals surface area contributed by atoms with Crippen molar-refractivity contribution in [3.63, 3.8) is 0 Å². The number of aromatic amines is 1. The van der Waals surface area contributed by atoms with Crippen LogP contribution in [0.4, 0.5) is 5.95 Å². The molecule has 2 aromatic heterocycles. The molecule has 7 nitrogen and oxygen atoms in total. The van der Waals surface area contributed by atoms with Crippen LogP contribution in [0, 0.1) is 6.92 Å². The first kappa shape index (κ1) is 17.0. The van der Waals surface area contributed by atoms with E-state index in [-0.39, 0.29) is 6.04 Å². The van der Waals surface area contributed by atoms with Crippen molar-refractivity contribution in [3.05, 3.63) is 56.2 Å². The number of nitrogens with zero attached hydrogens (tertiary/aromatic N) is 3. The third-order valence-corrected chi connectivity index (χ3v) is 4.42. The largest absolute Gasteiger partial charge is 0.353 e. The number of aromatic nitrogens is 4. The number of nitrogens with one attached hydrogen (secondary N) is 2. The summed E-state index contributed by atoms with van der Waals surface area (Å²) in [4.78, 5) is 31.2. The highest BCUT2D eigenvalue weighted by atomic mass is 16.2. The van der Waals surface area contributed by atoms with Crippen molar-refractivity contribution < 1.29 is 0 Å². The lowest BCUT2D eigenvalue weighted by atomic mass is 10.1. The molecule has 0 spiro atoms. The minimum absolute atomic E-state index is 0.198. The van der Waals surface area contributed by atoms with Gasteiger partial charge in [0, 0.05) is 13.1 Å². The number of H-pyrrole nitrogens is 1. The molecule has 0 saturated carbocycles. The molecular weight excluding hydrogens is 318 g/mol. The summed E-state index contributed by atoms with van der Waals surface area (Å²) >= 11 is 0. The molecule has 0 bridgehead atoms. The van der Waals surface area contributed by atoms with Gasteiger partial charge in [0.2, 0.25) is 5.95 Å². The van der Waals surface area contributed by atoms with Crippen LogP contribution in [-0.2, 0) is 13.6 Å². The lowest BCUT2D eigenvalue weighted by Gasteiger charge is -2.14. The number of rotatable bonds is 5. The number of benzene rings is 1. The van der Waals surface area contributed by atoms with Gasteiger partial charge in [0.05, 0.1) is 6.54 Å². The SMILES string of the molecule is CC[C@@H](C)Nc1nc2c(c(=O)[nH]c(=O)n2C)n1Cc1cccc(C)c1. The molecule has 0 radical (unpaired) electrons. The van der Waals surface area contributed by atoms with E-state index in [0.29, 0.717) is 23.7 Å². The summed E-state index contributed by atoms with van der Waals surface area (Å²) in [5.74, 6) is 0.595. The smallest absolute Gasteiger partial charge is 0.329 e. The lowest BCUT2D eigenvalue weighted by Crippen LogP contribution is -2.29. The Hall–Kier alpha value is -2.83. The van der Waals surface area contributed by atoms with E-state index in [2.05, 4.69) is 35.2 Å². The Balaban J connectivity index is 2.22. The van der Waals surface area contributed by atoms with Crippen LogP contribution in [0.25, 0.3) is 11.2 Å². The van der Waals surface area contributed by atoms with E-state index in [1.807, 2.05) is 29.7 Å². The highest BCUT2D eigenvalue weighted by molar-refractivity contribution is 5.74. The summed E-state index contributed by atoms with van der Waals surface area (Å²) in [7, 11) is 1.61. The molecule has 25 heavy (non-hydrogen) atoms. The van der Waals surface area contributed by atoms with Crippen molar-refractivity contribution in [3.8, 4) is 0 Å². The molecule has 132 valence electrons. The fraction of sp³-hybridized carbons (Fsp3) is 0.389. The Morgan fingerprint density at radius 3 is 2.76 bits per heavy atom. The highest BCUT2D eigenvalue weighted by Crippen LogP contribution is 2.19. The van der Waals surface area contributed by atoms with Crippen molar-refractivity contribution >= 4 is 17.1 Å². The number of fused-ring (bicyclic) bond motifs is 1. The van der Waals surface area contributed by atoms with Gasteiger partial charge in [0.15, 0.2) is 11.2 Å². The predicted octanol–water partition coefficient (Wildman–Crippen LogP) is 1.99. The zero-order valence-corrected chi connectivity index (χ0v) is 15.0. The molecule has 0 fully saturated rings. The summed E-state index contributed by atoms with van der Waals surface area (Å²) in [5, 5.41) is 3.34. The quantitative estimate of drug-likeness (QED) is 0.743. The Bertz CT molecular complexity index is 1030. The van der Waals surface area contributed by atoms with Gasteiger partial charge >= 0.3 is 5.69 Å². The molecule has 0 unspecified atom stereocenters. The molecule has 7 heteroatoms. The molecular formula is C18H23N5O2. The van der Waals surface area contributed by atoms with Crippen molar-refractivity contribution in [1.29, 1.82) is 0 Å². The van der Waals surface area contributed by atoms with Crippen LogP contribution in [0.2, 0.25) is 0 Å². The normalized spacial score (nSPS) is 12.5. The first-order chi connectivity index (χ1) is 11.9. The second-order valence-corrected chi connectivity index (χ2v) is 6.45. The Labute approximate surface area is 145 Å². The maximum absolute atomic E-state index is 12.4. The van der Waals surface area contributed by atoms with Gasteiger partial charge < -0.3 is 5.32 Å². The predicted molar refractivity (Wildman–Crippen MR) is 99.3 cm³/mol. The van der Waals surface area contributed by atoms with Crippen molar-refractivity contribution in [2.45, 2.75) is 39.8 Å². The van der Waals surface area contributed by atoms with Crippen LogP contribution in [0.15, 0.2) is 33.9 Å². The molecule has 1 aromatic carbocycles. The molecule has 2 heterocycles. The summed E-state index contributed by atoms with van der Waals surface area (Å²) in [6.07, 6.45) is 0.920. The molecule has 2 N–H and O–H groups in total. The van der Waals surface area contributed by atoms with Crippen molar-refractivity contribution in [1.82, 2.24) is 19.1 Å². The van der Waals surface area contributed by atoms with Crippen LogP contribution in [-0.4, -0.2) is 25.1 Å². The second-order valence-electron chi connectivity index (χ2n) is 6.45. The van der Waals surface area contributed by atoms with Gasteiger partial charge in [0.1, 0.15) is 0 Å². The highest BCUT2D eigenvalue weighted by Gasteiger charge is 2.18. The van der Waals surface area contributed by atoms with Crippen LogP contribution < -0.4 is 16.6 Å². The molecule has 0 aliphatic carbocycles. The van der Waals surface area contributed by atoms with Gasteiger partial charge in [0.25, 0.3) is 5.56 Å². The standard InChI is InChI=1S/C18H23N5O2/c1-5-12(3)19-17-20-15-14(16(24)21-18(25)22(15)4)23(17)10-13-8-6-7-11(2)9-13/h6-9,12H,5,10H2,1-4H3,(H,19,20)(H,21,24,25)/t12-/m1/s1. The van der Waals surface area contributed by atoms with E-state index in [9.17, 15) is 9.59 Å². The monoisotopic (exact) mass is 341 g/mol. The van der Waals surface area contributed by atoms with Gasteiger partial charge in [-0.25, -0.2) is 4.79 Å². The van der Waals surface area contributed by atoms with E-state index in [1.54, 1.807) is 7.05 Å². The molecule has 3 aromatic rings. The van der Waals surface area contributed by atoms with Gasteiger partial charge in [-0.15, -0.1) is 0 Å². The second kappa shape index (κ2) is 6.58. The zero-order chi connectivity index (χ0) is 18.1. The first-order valence-corrected chi connectivity index (χ1v) is 8.42. The Morgan fingerprint density at radius 2 is 2.08 bits per heavy atom. The van der Waals surface area contributed by atoms with E-state index < -0.39 is 11.2 Å². The van der Waals surface area contributed by atoms with Crippen molar-refractivity contribution in [2.75, 3.05) is 5.32 Å². The van der Waals surface area contributed by atoms with Crippen LogP contribution in [0.5, 0.6) is 0 Å². The van der Waals surface area contributed by atoms with Gasteiger partial charge in [-0.2, -0.15) is 4.98 Å². The van der Waals surface area contributed by atoms with E-state index in [1.165, 1.54) is 4.57 Å². The van der Waals surface area contributed by atoms with E-state index in [0.717, 1.165) is 17.5 Å². The number of hydrogen-bond donors (Lipinski definition) is 2. The fourth-order valence-corrected chi connectivity index (χ4v) is 2.81. The first-order valence-electron chi connectivity index (χ1n) is 8.42. The molecule has 0 amide bonds. The maximum Gasteiger partial charge on any atom is 0.329 e. The number of hydrogen-bond acceptors (Lipinski definition) is 4. The molecule has 1 atom stereocenters. The Morgan fingerprint density at radius 1 is 1.32 bits per heavy atom.